The number of nitrogen functional groups attached to an aromatic ring is 1. The van der Waals surface area contributed by atoms with Crippen molar-refractivity contribution in [3.8, 4) is 28.8 Å². The van der Waals surface area contributed by atoms with E-state index >= 15 is 0 Å². The van der Waals surface area contributed by atoms with E-state index in [4.69, 9.17) is 5.73 Å². The van der Waals surface area contributed by atoms with Crippen LogP contribution in [-0.4, -0.2) is 80.7 Å². The van der Waals surface area contributed by atoms with Crippen LogP contribution in [0.5, 0.6) is 5.75 Å². The second-order valence-corrected chi connectivity index (χ2v) is 11.6. The molecule has 206 valence electrons. The van der Waals surface area contributed by atoms with Gasteiger partial charge < -0.3 is 25.7 Å². The molecule has 4 N–H and O–H groups in total. The molecule has 9 heteroatoms. The first-order chi connectivity index (χ1) is 19.6. The third kappa shape index (κ3) is 4.41. The van der Waals surface area contributed by atoms with Gasteiger partial charge in [-0.05, 0) is 74.3 Å². The quantitative estimate of drug-likeness (QED) is 0.423. The van der Waals surface area contributed by atoms with E-state index in [0.717, 1.165) is 43.0 Å². The molecule has 1 aromatic carbocycles. The summed E-state index contributed by atoms with van der Waals surface area (Å²) >= 11 is 0. The van der Waals surface area contributed by atoms with Crippen molar-refractivity contribution in [2.24, 2.45) is 5.92 Å². The second-order valence-electron chi connectivity index (χ2n) is 11.6. The molecule has 3 saturated heterocycles. The fourth-order valence-corrected chi connectivity index (χ4v) is 7.54. The van der Waals surface area contributed by atoms with Gasteiger partial charge in [-0.1, -0.05) is 18.1 Å². The number of aliphatic hydroxyl groups excluding tert-OH is 1. The maximum atomic E-state index is 10.3. The van der Waals surface area contributed by atoms with Crippen LogP contribution < -0.4 is 15.5 Å². The van der Waals surface area contributed by atoms with Crippen molar-refractivity contribution in [3.63, 3.8) is 0 Å². The number of piperidine rings is 1. The van der Waals surface area contributed by atoms with Crippen molar-refractivity contribution >= 4 is 17.2 Å². The standard InChI is InChI=1S/C31H35N7O2/c32-31-28(16-27(34-35-31)26-5-1-2-6-30(26)40)36-17-24-9-10-25(18-36)38(24)23-11-12-33-21(15-23)4-3-13-37-22-8-7-20(14-22)29(37)19-39/h1-2,5-6,11-12,15-16,20,22,24-25,29,39-40H,7-10,13-14,17-19H2,(H2,32,35). The van der Waals surface area contributed by atoms with Crippen molar-refractivity contribution in [2.75, 3.05) is 41.8 Å². The summed E-state index contributed by atoms with van der Waals surface area (Å²) in [6.45, 7) is 2.57. The number of hydrogen-bond acceptors (Lipinski definition) is 9. The summed E-state index contributed by atoms with van der Waals surface area (Å²) in [7, 11) is 0. The predicted molar refractivity (Wildman–Crippen MR) is 155 cm³/mol. The number of aliphatic hydroxyl groups is 1. The summed E-state index contributed by atoms with van der Waals surface area (Å²) in [5, 5.41) is 28.7. The molecule has 4 aliphatic rings. The van der Waals surface area contributed by atoms with Crippen LogP contribution in [0.2, 0.25) is 0 Å². The Morgan fingerprint density at radius 2 is 1.77 bits per heavy atom. The van der Waals surface area contributed by atoms with Gasteiger partial charge in [-0.3, -0.25) is 4.90 Å². The molecule has 0 amide bonds. The molecule has 2 aromatic heterocycles. The van der Waals surface area contributed by atoms with Gasteiger partial charge in [0.1, 0.15) is 11.4 Å². The highest BCUT2D eigenvalue weighted by Gasteiger charge is 2.45. The number of aromatic nitrogens is 3. The molecule has 7 rings (SSSR count). The van der Waals surface area contributed by atoms with Crippen LogP contribution in [0.15, 0.2) is 48.7 Å². The van der Waals surface area contributed by atoms with E-state index in [-0.39, 0.29) is 18.4 Å². The molecule has 4 bridgehead atoms. The highest BCUT2D eigenvalue weighted by molar-refractivity contribution is 5.74. The van der Waals surface area contributed by atoms with Gasteiger partial charge in [0.05, 0.1) is 24.5 Å². The van der Waals surface area contributed by atoms with Gasteiger partial charge in [0.15, 0.2) is 5.82 Å². The predicted octanol–water partition coefficient (Wildman–Crippen LogP) is 2.88. The Labute approximate surface area is 234 Å². The lowest BCUT2D eigenvalue weighted by atomic mass is 9.99. The summed E-state index contributed by atoms with van der Waals surface area (Å²) in [5.74, 6) is 7.86. The third-order valence-electron chi connectivity index (χ3n) is 9.40. The summed E-state index contributed by atoms with van der Waals surface area (Å²) in [4.78, 5) is 11.8. The Kier molecular flexibility index (Phi) is 6.45. The average Bonchev–Trinajstić information content (AvgIpc) is 3.65. The number of likely N-dealkylation sites (tertiary alicyclic amines) is 1. The molecular weight excluding hydrogens is 502 g/mol. The number of nitrogens with two attached hydrogens (primary N) is 1. The maximum Gasteiger partial charge on any atom is 0.169 e. The van der Waals surface area contributed by atoms with Crippen molar-refractivity contribution in [1.29, 1.82) is 0 Å². The number of aromatic hydroxyl groups is 1. The fourth-order valence-electron chi connectivity index (χ4n) is 7.54. The number of phenolic OH excluding ortho intramolecular Hbond substituents is 1. The van der Waals surface area contributed by atoms with Crippen LogP contribution in [0.1, 0.15) is 37.8 Å². The number of hydrogen-bond donors (Lipinski definition) is 3. The summed E-state index contributed by atoms with van der Waals surface area (Å²) in [6, 6.07) is 14.8. The zero-order chi connectivity index (χ0) is 27.2. The number of fused-ring (bicyclic) bond motifs is 4. The number of para-hydroxylation sites is 1. The fraction of sp³-hybridized carbons (Fsp3) is 0.452. The minimum Gasteiger partial charge on any atom is -0.507 e. The Balaban J connectivity index is 1.07. The normalized spacial score (nSPS) is 27.2. The van der Waals surface area contributed by atoms with Gasteiger partial charge in [0.25, 0.3) is 0 Å². The molecule has 5 atom stereocenters. The Morgan fingerprint density at radius 3 is 2.58 bits per heavy atom. The van der Waals surface area contributed by atoms with E-state index in [1.54, 1.807) is 12.1 Å². The van der Waals surface area contributed by atoms with Crippen molar-refractivity contribution in [1.82, 2.24) is 20.1 Å². The van der Waals surface area contributed by atoms with Crippen LogP contribution >= 0.6 is 0 Å². The van der Waals surface area contributed by atoms with Gasteiger partial charge in [0, 0.05) is 54.7 Å². The molecule has 1 aliphatic carbocycles. The number of benzene rings is 1. The topological polar surface area (TPSA) is 115 Å². The zero-order valence-corrected chi connectivity index (χ0v) is 22.5. The monoisotopic (exact) mass is 537 g/mol. The smallest absolute Gasteiger partial charge is 0.169 e. The Hall–Kier alpha value is -3.87. The molecule has 3 aromatic rings. The average molecular weight is 538 g/mol. The number of anilines is 3. The molecule has 9 nitrogen and oxygen atoms in total. The van der Waals surface area contributed by atoms with Crippen molar-refractivity contribution in [2.45, 2.75) is 56.3 Å². The Morgan fingerprint density at radius 1 is 0.975 bits per heavy atom. The maximum absolute atomic E-state index is 10.3. The van der Waals surface area contributed by atoms with Crippen LogP contribution in [-0.2, 0) is 0 Å². The minimum absolute atomic E-state index is 0.176. The molecule has 4 fully saturated rings. The lowest BCUT2D eigenvalue weighted by Crippen LogP contribution is -2.54. The zero-order valence-electron chi connectivity index (χ0n) is 22.5. The lowest BCUT2D eigenvalue weighted by Gasteiger charge is -2.43. The number of rotatable bonds is 5. The van der Waals surface area contributed by atoms with Crippen LogP contribution in [0.25, 0.3) is 11.3 Å². The largest absolute Gasteiger partial charge is 0.507 e. The first kappa shape index (κ1) is 25.1. The third-order valence-corrected chi connectivity index (χ3v) is 9.40. The van der Waals surface area contributed by atoms with Crippen LogP contribution in [0, 0.1) is 17.8 Å². The molecule has 0 radical (unpaired) electrons. The summed E-state index contributed by atoms with van der Waals surface area (Å²) in [6.07, 6.45) is 7.74. The number of phenols is 1. The molecule has 3 aliphatic heterocycles. The Bertz CT molecular complexity index is 1460. The number of nitrogens with zero attached hydrogens (tertiary/aromatic N) is 6. The van der Waals surface area contributed by atoms with Gasteiger partial charge in [-0.2, -0.15) is 0 Å². The molecule has 1 saturated carbocycles. The summed E-state index contributed by atoms with van der Waals surface area (Å²) < 4.78 is 0. The molecule has 40 heavy (non-hydrogen) atoms. The molecular formula is C31H35N7O2. The SMILES string of the molecule is Nc1nnc(-c2ccccc2O)cc1N1CC2CCC(C1)N2c1ccnc(C#CCN2C3CCC(C3)C2CO)c1. The van der Waals surface area contributed by atoms with Gasteiger partial charge >= 0.3 is 0 Å². The van der Waals surface area contributed by atoms with E-state index in [2.05, 4.69) is 53.9 Å². The first-order valence-corrected chi connectivity index (χ1v) is 14.4. The highest BCUT2D eigenvalue weighted by Crippen LogP contribution is 2.42. The molecule has 5 heterocycles. The number of pyridine rings is 1. The van der Waals surface area contributed by atoms with E-state index < -0.39 is 0 Å². The van der Waals surface area contributed by atoms with Crippen LogP contribution in [0.3, 0.4) is 0 Å². The van der Waals surface area contributed by atoms with Crippen molar-refractivity contribution in [3.05, 3.63) is 54.4 Å². The van der Waals surface area contributed by atoms with E-state index in [1.165, 1.54) is 19.3 Å². The van der Waals surface area contributed by atoms with Crippen LogP contribution in [0.4, 0.5) is 17.2 Å². The number of piperazine rings is 1. The van der Waals surface area contributed by atoms with E-state index in [9.17, 15) is 10.2 Å². The van der Waals surface area contributed by atoms with Crippen molar-refractivity contribution < 1.29 is 10.2 Å². The highest BCUT2D eigenvalue weighted by atomic mass is 16.3. The lowest BCUT2D eigenvalue weighted by molar-refractivity contribution is 0.0965. The van der Waals surface area contributed by atoms with E-state index in [0.29, 0.717) is 47.7 Å². The van der Waals surface area contributed by atoms with Gasteiger partial charge in [-0.15, -0.1) is 10.2 Å². The molecule has 5 unspecified atom stereocenters. The second kappa shape index (κ2) is 10.3. The van der Waals surface area contributed by atoms with E-state index in [1.807, 2.05) is 24.4 Å². The first-order valence-electron chi connectivity index (χ1n) is 14.4. The minimum atomic E-state index is 0.176. The van der Waals surface area contributed by atoms with Gasteiger partial charge in [0.2, 0.25) is 0 Å². The summed E-state index contributed by atoms with van der Waals surface area (Å²) in [5.41, 5.74) is 10.4. The van der Waals surface area contributed by atoms with Gasteiger partial charge in [-0.25, -0.2) is 4.98 Å². The molecule has 0 spiro atoms.